The van der Waals surface area contributed by atoms with Crippen LogP contribution in [0.2, 0.25) is 0 Å². The molecule has 0 heterocycles. The van der Waals surface area contributed by atoms with Gasteiger partial charge in [0, 0.05) is 18.6 Å². The standard InChI is InChI=1S/C19H34N2O/c1-13(2)11-21(12-14(3)4)18(22)20-19-8-15-5-16(9-19)7-17(6-15)10-19/h13-17H,5-12H2,1-4H3,(H,20,22). The summed E-state index contributed by atoms with van der Waals surface area (Å²) < 4.78 is 0. The smallest absolute Gasteiger partial charge is 0.317 e. The van der Waals surface area contributed by atoms with Crippen LogP contribution < -0.4 is 5.32 Å². The molecule has 1 N–H and O–H groups in total. The molecule has 0 aliphatic heterocycles. The Morgan fingerprint density at radius 1 is 0.955 bits per heavy atom. The first-order valence-electron chi connectivity index (χ1n) is 9.42. The first-order valence-corrected chi connectivity index (χ1v) is 9.42. The van der Waals surface area contributed by atoms with E-state index < -0.39 is 0 Å². The van der Waals surface area contributed by atoms with Gasteiger partial charge in [-0.05, 0) is 68.1 Å². The molecular formula is C19H34N2O. The van der Waals surface area contributed by atoms with Crippen LogP contribution in [0, 0.1) is 29.6 Å². The van der Waals surface area contributed by atoms with Crippen molar-refractivity contribution in [1.29, 1.82) is 0 Å². The highest BCUT2D eigenvalue weighted by Gasteiger charge is 2.51. The van der Waals surface area contributed by atoms with Crippen LogP contribution in [0.3, 0.4) is 0 Å². The molecule has 0 radical (unpaired) electrons. The van der Waals surface area contributed by atoms with Gasteiger partial charge >= 0.3 is 6.03 Å². The van der Waals surface area contributed by atoms with Gasteiger partial charge in [0.2, 0.25) is 0 Å². The zero-order valence-corrected chi connectivity index (χ0v) is 14.9. The van der Waals surface area contributed by atoms with Gasteiger partial charge in [0.15, 0.2) is 0 Å². The van der Waals surface area contributed by atoms with E-state index in [1.165, 1.54) is 38.5 Å². The minimum atomic E-state index is 0.137. The van der Waals surface area contributed by atoms with Gasteiger partial charge in [-0.1, -0.05) is 27.7 Å². The van der Waals surface area contributed by atoms with Crippen molar-refractivity contribution in [3.05, 3.63) is 0 Å². The van der Waals surface area contributed by atoms with E-state index in [1.807, 2.05) is 0 Å². The van der Waals surface area contributed by atoms with E-state index in [0.717, 1.165) is 30.8 Å². The highest BCUT2D eigenvalue weighted by molar-refractivity contribution is 5.75. The summed E-state index contributed by atoms with van der Waals surface area (Å²) in [5.41, 5.74) is 0.137. The van der Waals surface area contributed by atoms with Gasteiger partial charge < -0.3 is 10.2 Å². The van der Waals surface area contributed by atoms with Gasteiger partial charge in [-0.25, -0.2) is 4.79 Å². The lowest BCUT2D eigenvalue weighted by Gasteiger charge is -2.57. The van der Waals surface area contributed by atoms with Gasteiger partial charge in [0.25, 0.3) is 0 Å². The quantitative estimate of drug-likeness (QED) is 0.808. The van der Waals surface area contributed by atoms with Crippen molar-refractivity contribution in [2.75, 3.05) is 13.1 Å². The van der Waals surface area contributed by atoms with Crippen LogP contribution in [0.15, 0.2) is 0 Å². The molecule has 4 aliphatic carbocycles. The molecule has 3 nitrogen and oxygen atoms in total. The monoisotopic (exact) mass is 306 g/mol. The van der Waals surface area contributed by atoms with E-state index in [2.05, 4.69) is 37.9 Å². The Morgan fingerprint density at radius 2 is 1.36 bits per heavy atom. The highest BCUT2D eigenvalue weighted by atomic mass is 16.2. The third-order valence-electron chi connectivity index (χ3n) is 5.87. The molecule has 126 valence electrons. The van der Waals surface area contributed by atoms with Crippen LogP contribution in [0.25, 0.3) is 0 Å². The number of hydrogen-bond acceptors (Lipinski definition) is 1. The molecule has 3 heteroatoms. The lowest BCUT2D eigenvalue weighted by Crippen LogP contribution is -2.62. The molecule has 4 saturated carbocycles. The number of carbonyl (C=O) groups is 1. The van der Waals surface area contributed by atoms with Gasteiger partial charge in [-0.2, -0.15) is 0 Å². The molecule has 0 atom stereocenters. The topological polar surface area (TPSA) is 32.3 Å². The van der Waals surface area contributed by atoms with Crippen LogP contribution >= 0.6 is 0 Å². The predicted molar refractivity (Wildman–Crippen MR) is 90.7 cm³/mol. The molecule has 4 rings (SSSR count). The average Bonchev–Trinajstić information content (AvgIpc) is 2.34. The van der Waals surface area contributed by atoms with Gasteiger partial charge in [-0.15, -0.1) is 0 Å². The number of nitrogens with one attached hydrogen (secondary N) is 1. The largest absolute Gasteiger partial charge is 0.333 e. The summed E-state index contributed by atoms with van der Waals surface area (Å²) in [7, 11) is 0. The van der Waals surface area contributed by atoms with Crippen LogP contribution in [-0.2, 0) is 0 Å². The van der Waals surface area contributed by atoms with Gasteiger partial charge in [0.1, 0.15) is 0 Å². The number of amides is 2. The van der Waals surface area contributed by atoms with Crippen molar-refractivity contribution in [3.63, 3.8) is 0 Å². The fraction of sp³-hybridized carbons (Fsp3) is 0.947. The van der Waals surface area contributed by atoms with Crippen molar-refractivity contribution in [1.82, 2.24) is 10.2 Å². The summed E-state index contributed by atoms with van der Waals surface area (Å²) in [4.78, 5) is 15.0. The van der Waals surface area contributed by atoms with Crippen LogP contribution in [0.1, 0.15) is 66.2 Å². The van der Waals surface area contributed by atoms with E-state index in [1.54, 1.807) is 0 Å². The maximum atomic E-state index is 12.9. The molecule has 0 aromatic rings. The Kier molecular flexibility index (Phi) is 4.44. The summed E-state index contributed by atoms with van der Waals surface area (Å²) >= 11 is 0. The summed E-state index contributed by atoms with van der Waals surface area (Å²) in [6, 6.07) is 0.198. The SMILES string of the molecule is CC(C)CN(CC(C)C)C(=O)NC12CC3CC(CC(C3)C1)C2. The van der Waals surface area contributed by atoms with E-state index in [0.29, 0.717) is 11.8 Å². The third-order valence-corrected chi connectivity index (χ3v) is 5.87. The molecule has 4 bridgehead atoms. The zero-order chi connectivity index (χ0) is 15.9. The van der Waals surface area contributed by atoms with E-state index in [9.17, 15) is 4.79 Å². The van der Waals surface area contributed by atoms with Crippen LogP contribution in [0.4, 0.5) is 4.79 Å². The second-order valence-electron chi connectivity index (χ2n) is 9.32. The summed E-state index contributed by atoms with van der Waals surface area (Å²) in [6.45, 7) is 10.5. The maximum Gasteiger partial charge on any atom is 0.317 e. The summed E-state index contributed by atoms with van der Waals surface area (Å²) in [5, 5.41) is 3.52. The number of hydrogen-bond donors (Lipinski definition) is 1. The number of rotatable bonds is 5. The van der Waals surface area contributed by atoms with E-state index in [-0.39, 0.29) is 11.6 Å². The lowest BCUT2D eigenvalue weighted by molar-refractivity contribution is -0.0160. The van der Waals surface area contributed by atoms with Crippen molar-refractivity contribution in [2.45, 2.75) is 71.8 Å². The number of nitrogens with zero attached hydrogens (tertiary/aromatic N) is 1. The van der Waals surface area contributed by atoms with Crippen LogP contribution in [0.5, 0.6) is 0 Å². The van der Waals surface area contributed by atoms with Crippen molar-refractivity contribution in [2.24, 2.45) is 29.6 Å². The van der Waals surface area contributed by atoms with E-state index >= 15 is 0 Å². The van der Waals surface area contributed by atoms with E-state index in [4.69, 9.17) is 0 Å². The molecule has 0 unspecified atom stereocenters. The first kappa shape index (κ1) is 16.1. The number of carbonyl (C=O) groups excluding carboxylic acids is 1. The Balaban J connectivity index is 1.66. The Morgan fingerprint density at radius 3 is 1.73 bits per heavy atom. The van der Waals surface area contributed by atoms with Crippen molar-refractivity contribution >= 4 is 6.03 Å². The number of urea groups is 1. The molecule has 0 aromatic heterocycles. The normalized spacial score (nSPS) is 36.2. The molecular weight excluding hydrogens is 272 g/mol. The summed E-state index contributed by atoms with van der Waals surface area (Å²) in [6.07, 6.45) is 8.00. The zero-order valence-electron chi connectivity index (χ0n) is 14.9. The van der Waals surface area contributed by atoms with Crippen molar-refractivity contribution < 1.29 is 4.79 Å². The summed E-state index contributed by atoms with van der Waals surface area (Å²) in [5.74, 6) is 3.71. The van der Waals surface area contributed by atoms with Crippen LogP contribution in [-0.4, -0.2) is 29.6 Å². The fourth-order valence-corrected chi connectivity index (χ4v) is 5.69. The fourth-order valence-electron chi connectivity index (χ4n) is 5.69. The van der Waals surface area contributed by atoms with Gasteiger partial charge in [0.05, 0.1) is 0 Å². The molecule has 4 aliphatic rings. The average molecular weight is 306 g/mol. The minimum Gasteiger partial charge on any atom is -0.333 e. The first-order chi connectivity index (χ1) is 10.3. The Hall–Kier alpha value is -0.730. The van der Waals surface area contributed by atoms with Crippen molar-refractivity contribution in [3.8, 4) is 0 Å². The Bertz CT molecular complexity index is 370. The molecule has 4 fully saturated rings. The highest BCUT2D eigenvalue weighted by Crippen LogP contribution is 2.55. The molecule has 0 saturated heterocycles. The predicted octanol–water partition coefficient (Wildman–Crippen LogP) is 4.28. The maximum absolute atomic E-state index is 12.9. The second-order valence-corrected chi connectivity index (χ2v) is 9.32. The van der Waals surface area contributed by atoms with Gasteiger partial charge in [-0.3, -0.25) is 0 Å². The molecule has 22 heavy (non-hydrogen) atoms. The molecule has 2 amide bonds. The third kappa shape index (κ3) is 3.44. The minimum absolute atomic E-state index is 0.137. The molecule has 0 spiro atoms. The Labute approximate surface area is 136 Å². The molecule has 0 aromatic carbocycles. The second kappa shape index (κ2) is 6.05. The lowest BCUT2D eigenvalue weighted by atomic mass is 9.53.